The number of rotatable bonds is 5. The molecule has 34 heavy (non-hydrogen) atoms. The number of benzene rings is 2. The van der Waals surface area contributed by atoms with Crippen LogP contribution in [0.4, 0.5) is 36.4 Å². The molecule has 0 aliphatic heterocycles. The fraction of sp³-hybridized carbons (Fsp3) is 0.190. The molecule has 2 aromatic carbocycles. The fourth-order valence-electron chi connectivity index (χ4n) is 2.99. The first-order valence-corrected chi connectivity index (χ1v) is 9.25. The van der Waals surface area contributed by atoms with Gasteiger partial charge in [0, 0.05) is 11.6 Å². The Morgan fingerprint density at radius 2 is 1.74 bits per heavy atom. The lowest BCUT2D eigenvalue weighted by molar-refractivity contribution is -0.138. The number of anilines is 1. The zero-order valence-electron chi connectivity index (χ0n) is 17.7. The summed E-state index contributed by atoms with van der Waals surface area (Å²) in [4.78, 5) is 24.9. The second-order valence-corrected chi connectivity index (χ2v) is 6.80. The molecule has 0 spiro atoms. The van der Waals surface area contributed by atoms with Crippen LogP contribution in [-0.2, 0) is 18.9 Å². The van der Waals surface area contributed by atoms with Crippen molar-refractivity contribution >= 4 is 11.6 Å². The van der Waals surface area contributed by atoms with E-state index in [4.69, 9.17) is 1.37 Å². The minimum Gasteiger partial charge on any atom is -0.394 e. The maximum atomic E-state index is 14.1. The molecule has 0 saturated heterocycles. The van der Waals surface area contributed by atoms with Crippen molar-refractivity contribution in [2.45, 2.75) is 18.9 Å². The number of amides is 1. The van der Waals surface area contributed by atoms with Crippen molar-refractivity contribution in [3.05, 3.63) is 81.4 Å². The normalized spacial score (nSPS) is 13.4. The highest BCUT2D eigenvalue weighted by Gasteiger charge is 2.35. The molecule has 0 bridgehead atoms. The van der Waals surface area contributed by atoms with E-state index < -0.39 is 76.4 Å². The van der Waals surface area contributed by atoms with E-state index in [2.05, 4.69) is 5.10 Å². The number of hydrogen-bond acceptors (Lipinski definition) is 4. The molecule has 0 saturated carbocycles. The number of nitrogens with zero attached hydrogens (tertiary/aromatic N) is 2. The number of nitrogens with one attached hydrogen (secondary N) is 1. The number of halogens is 7. The Kier molecular flexibility index (Phi) is 6.37. The summed E-state index contributed by atoms with van der Waals surface area (Å²) in [5.41, 5.74) is -6.68. The van der Waals surface area contributed by atoms with Gasteiger partial charge in [-0.3, -0.25) is 9.59 Å². The van der Waals surface area contributed by atoms with E-state index in [0.717, 1.165) is 12.1 Å². The van der Waals surface area contributed by atoms with E-state index >= 15 is 0 Å². The van der Waals surface area contributed by atoms with Crippen LogP contribution in [0.25, 0.3) is 11.3 Å². The lowest BCUT2D eigenvalue weighted by atomic mass is 10.0. The van der Waals surface area contributed by atoms with E-state index in [1.165, 1.54) is 6.07 Å². The molecule has 1 heterocycles. The molecule has 1 unspecified atom stereocenters. The summed E-state index contributed by atoms with van der Waals surface area (Å²) in [6.07, 6.45) is -9.83. The van der Waals surface area contributed by atoms with Crippen LogP contribution in [0.1, 0.15) is 22.9 Å². The number of aromatic nitrogens is 2. The number of hydrogen-bond donors (Lipinski definition) is 2. The maximum absolute atomic E-state index is 14.1. The van der Waals surface area contributed by atoms with Gasteiger partial charge in [0.1, 0.15) is 11.5 Å². The molecule has 2 N–H and O–H groups in total. The van der Waals surface area contributed by atoms with Crippen molar-refractivity contribution in [2.24, 2.45) is 0 Å². The Bertz CT molecular complexity index is 1320. The van der Waals surface area contributed by atoms with E-state index in [1.807, 2.05) is 5.32 Å². The monoisotopic (exact) mass is 490 g/mol. The molecule has 0 fully saturated rings. The average Bonchev–Trinajstić information content (AvgIpc) is 2.74. The molecule has 3 aromatic rings. The maximum Gasteiger partial charge on any atom is 0.417 e. The summed E-state index contributed by atoms with van der Waals surface area (Å²) in [6.45, 7) is -2.61. The molecule has 3 rings (SSSR count). The van der Waals surface area contributed by atoms with Gasteiger partial charge in [-0.05, 0) is 24.3 Å². The molecular weight excluding hydrogens is 475 g/mol. The largest absolute Gasteiger partial charge is 0.417 e. The smallest absolute Gasteiger partial charge is 0.394 e. The molecular formula is C21H14F7N3O3. The predicted molar refractivity (Wildman–Crippen MR) is 105 cm³/mol. The van der Waals surface area contributed by atoms with Gasteiger partial charge in [-0.15, -0.1) is 0 Å². The van der Waals surface area contributed by atoms with Gasteiger partial charge in [0.05, 0.1) is 36.9 Å². The Morgan fingerprint density at radius 3 is 2.35 bits per heavy atom. The van der Waals surface area contributed by atoms with Gasteiger partial charge in [-0.2, -0.15) is 31.4 Å². The van der Waals surface area contributed by atoms with Crippen LogP contribution in [0.15, 0.2) is 53.3 Å². The first-order valence-electron chi connectivity index (χ1n) is 9.83. The lowest BCUT2D eigenvalue weighted by Crippen LogP contribution is -2.27. The number of carbonyl (C=O) groups excluding carboxylic acids is 1. The third-order valence-corrected chi connectivity index (χ3v) is 4.53. The topological polar surface area (TPSA) is 84.2 Å². The second-order valence-electron chi connectivity index (χ2n) is 6.80. The van der Waals surface area contributed by atoms with Crippen LogP contribution >= 0.6 is 0 Å². The number of carbonyl (C=O) groups is 1. The summed E-state index contributed by atoms with van der Waals surface area (Å²) in [5, 5.41) is 14.9. The molecule has 1 atom stereocenters. The van der Waals surface area contributed by atoms with Crippen LogP contribution in [-0.4, -0.2) is 27.4 Å². The van der Waals surface area contributed by atoms with Gasteiger partial charge < -0.3 is 10.4 Å². The van der Waals surface area contributed by atoms with Crippen molar-refractivity contribution in [2.75, 3.05) is 11.9 Å². The van der Waals surface area contributed by atoms with E-state index in [1.54, 1.807) is 0 Å². The van der Waals surface area contributed by atoms with Crippen LogP contribution in [0.5, 0.6) is 0 Å². The van der Waals surface area contributed by atoms with Crippen LogP contribution in [0, 0.1) is 5.82 Å². The van der Waals surface area contributed by atoms with E-state index in [9.17, 15) is 45.4 Å². The summed E-state index contributed by atoms with van der Waals surface area (Å²) in [5.74, 6) is -2.84. The second kappa shape index (κ2) is 9.25. The molecule has 180 valence electrons. The Balaban J connectivity index is 2.18. The highest BCUT2D eigenvalue weighted by atomic mass is 19.4. The number of aliphatic hydroxyl groups is 1. The van der Waals surface area contributed by atoms with Gasteiger partial charge >= 0.3 is 12.4 Å². The van der Waals surface area contributed by atoms with Crippen molar-refractivity contribution in [1.29, 1.82) is 0 Å². The third-order valence-electron chi connectivity index (χ3n) is 4.53. The molecule has 0 aliphatic carbocycles. The number of alkyl halides is 6. The SMILES string of the molecule is [2H]C(O)Cn1nc(-c2ccccc2C(F)(F)F)c(NC(=O)c2cc(C(F)(F)F)ccc2F)cc1=O. The molecule has 1 aromatic heterocycles. The van der Waals surface area contributed by atoms with E-state index in [-0.39, 0.29) is 6.07 Å². The summed E-state index contributed by atoms with van der Waals surface area (Å²) in [7, 11) is 0. The fourth-order valence-corrected chi connectivity index (χ4v) is 2.99. The molecule has 0 aliphatic rings. The zero-order valence-corrected chi connectivity index (χ0v) is 16.7. The summed E-state index contributed by atoms with van der Waals surface area (Å²) < 4.78 is 101. The van der Waals surface area contributed by atoms with Gasteiger partial charge in [0.25, 0.3) is 11.5 Å². The Hall–Kier alpha value is -3.74. The highest BCUT2D eigenvalue weighted by Crippen LogP contribution is 2.38. The van der Waals surface area contributed by atoms with Gasteiger partial charge in [0.2, 0.25) is 0 Å². The first kappa shape index (κ1) is 23.4. The van der Waals surface area contributed by atoms with Gasteiger partial charge in [-0.25, -0.2) is 9.07 Å². The van der Waals surface area contributed by atoms with Gasteiger partial charge in [-0.1, -0.05) is 18.2 Å². The Labute approximate surface area is 187 Å². The van der Waals surface area contributed by atoms with Crippen LogP contribution < -0.4 is 10.9 Å². The quantitative estimate of drug-likeness (QED) is 0.522. The van der Waals surface area contributed by atoms with Gasteiger partial charge in [0.15, 0.2) is 0 Å². The highest BCUT2D eigenvalue weighted by molar-refractivity contribution is 6.06. The molecule has 13 heteroatoms. The Morgan fingerprint density at radius 1 is 1.06 bits per heavy atom. The van der Waals surface area contributed by atoms with Crippen molar-refractivity contribution in [3.8, 4) is 11.3 Å². The predicted octanol–water partition coefficient (Wildman–Crippen LogP) is 4.33. The standard InChI is InChI=1S/C21H14F7N3O3/c22-15-6-5-11(20(23,24)25)9-13(15)19(34)29-16-10-17(33)31(7-8-32)30-18(16)12-3-1-2-4-14(12)21(26,27)28/h1-6,9-10,32H,7-8H2,(H,29,34)/i8D. The van der Waals surface area contributed by atoms with Crippen molar-refractivity contribution < 1.29 is 42.0 Å². The summed E-state index contributed by atoms with van der Waals surface area (Å²) in [6, 6.07) is 5.49. The lowest BCUT2D eigenvalue weighted by Gasteiger charge is -2.17. The molecule has 1 amide bonds. The summed E-state index contributed by atoms with van der Waals surface area (Å²) >= 11 is 0. The van der Waals surface area contributed by atoms with Crippen molar-refractivity contribution in [3.63, 3.8) is 0 Å². The average molecular weight is 490 g/mol. The third kappa shape index (κ3) is 5.25. The van der Waals surface area contributed by atoms with E-state index in [0.29, 0.717) is 28.9 Å². The van der Waals surface area contributed by atoms with Crippen LogP contribution in [0.3, 0.4) is 0 Å². The first-order chi connectivity index (χ1) is 16.2. The minimum atomic E-state index is -4.92. The zero-order chi connectivity index (χ0) is 26.1. The minimum absolute atomic E-state index is 0.207. The molecule has 6 nitrogen and oxygen atoms in total. The number of aliphatic hydroxyl groups excluding tert-OH is 1. The molecule has 0 radical (unpaired) electrons. The van der Waals surface area contributed by atoms with Crippen molar-refractivity contribution in [1.82, 2.24) is 9.78 Å². The van der Waals surface area contributed by atoms with Crippen LogP contribution in [0.2, 0.25) is 0 Å². The number of aryl methyl sites for hydroxylation is 1.